The van der Waals surface area contributed by atoms with Gasteiger partial charge in [-0.3, -0.25) is 9.59 Å². The number of carbonyl (C=O) groups excluding carboxylic acids is 1. The van der Waals surface area contributed by atoms with Crippen molar-refractivity contribution in [3.63, 3.8) is 0 Å². The molecule has 16 heteroatoms. The third-order valence-corrected chi connectivity index (χ3v) is 17.2. The molecule has 0 aromatic rings. The second kappa shape index (κ2) is 14.3. The van der Waals surface area contributed by atoms with Crippen LogP contribution in [0, 0.1) is 50.2 Å². The van der Waals surface area contributed by atoms with Crippen molar-refractivity contribution in [3.05, 3.63) is 11.6 Å². The van der Waals surface area contributed by atoms with E-state index in [1.54, 1.807) is 0 Å². The number of carboxylic acid groups (broad SMARTS) is 3. The van der Waals surface area contributed by atoms with Crippen LogP contribution in [0.5, 0.6) is 0 Å². The molecule has 0 aromatic carbocycles. The van der Waals surface area contributed by atoms with E-state index in [1.165, 1.54) is 0 Å². The van der Waals surface area contributed by atoms with Crippen molar-refractivity contribution >= 4 is 23.7 Å². The van der Waals surface area contributed by atoms with E-state index in [2.05, 4.69) is 27.7 Å². The highest BCUT2D eigenvalue weighted by Gasteiger charge is 2.71. The molecule has 16 nitrogen and oxygen atoms in total. The standard InChI is InChI=1S/C42H62O16/c1-37(2)21-8-11-42(7)31(20(43)16-18-19-17-39(4,36(53)54)13-12-38(19,3)14-15-41(18,42)6)40(21,5)10-9-22(37)55-35-30(26(47)25(46)29(57-35)33(51)52)58-34-27(48)23(44)24(45)28(56-34)32(49)50/h16,19,21-31,34-35,44-48H,8-15,17H2,1-7H3,(H,49,50)(H,51,52)(H,53,54)/t19-,21-,22-,23-,24-,25-,26-,27-,28+,29+,30+,31+,34-,35-,38+,39-,40-,41+,42+/m0/s1. The molecule has 0 bridgehead atoms. The highest BCUT2D eigenvalue weighted by molar-refractivity contribution is 5.95. The second-order valence-electron chi connectivity index (χ2n) is 20.6. The van der Waals surface area contributed by atoms with Crippen LogP contribution in [0.1, 0.15) is 106 Å². The Kier molecular flexibility index (Phi) is 10.7. The number of carbonyl (C=O) groups is 4. The summed E-state index contributed by atoms with van der Waals surface area (Å²) in [6.45, 7) is 14.8. The Hall–Kier alpha value is -2.54. The zero-order valence-electron chi connectivity index (χ0n) is 34.4. The molecule has 0 unspecified atom stereocenters. The van der Waals surface area contributed by atoms with E-state index in [1.807, 2.05) is 26.8 Å². The van der Waals surface area contributed by atoms with Crippen molar-refractivity contribution in [2.24, 2.45) is 50.2 Å². The van der Waals surface area contributed by atoms with E-state index in [4.69, 9.17) is 18.9 Å². The molecule has 0 radical (unpaired) electrons. The summed E-state index contributed by atoms with van der Waals surface area (Å²) in [5, 5.41) is 83.0. The molecule has 4 saturated carbocycles. The van der Waals surface area contributed by atoms with Crippen LogP contribution in [-0.2, 0) is 38.1 Å². The largest absolute Gasteiger partial charge is 0.481 e. The van der Waals surface area contributed by atoms with Crippen molar-refractivity contribution in [3.8, 4) is 0 Å². The van der Waals surface area contributed by atoms with Gasteiger partial charge in [-0.15, -0.1) is 0 Å². The molecule has 58 heavy (non-hydrogen) atoms. The lowest BCUT2D eigenvalue weighted by atomic mass is 9.33. The molecule has 2 heterocycles. The lowest BCUT2D eigenvalue weighted by molar-refractivity contribution is -0.371. The van der Waals surface area contributed by atoms with E-state index in [0.717, 1.165) is 37.7 Å². The highest BCUT2D eigenvalue weighted by atomic mass is 16.8. The van der Waals surface area contributed by atoms with Crippen molar-refractivity contribution in [1.29, 1.82) is 0 Å². The first-order valence-corrected chi connectivity index (χ1v) is 20.7. The molecular formula is C42H62O16. The van der Waals surface area contributed by atoms with Crippen LogP contribution in [0.2, 0.25) is 0 Å². The number of ketones is 1. The predicted molar refractivity (Wildman–Crippen MR) is 199 cm³/mol. The summed E-state index contributed by atoms with van der Waals surface area (Å²) in [7, 11) is 0. The van der Waals surface area contributed by atoms with E-state index in [9.17, 15) is 60.0 Å². The minimum atomic E-state index is -2.05. The Balaban J connectivity index is 1.17. The molecule has 326 valence electrons. The SMILES string of the molecule is CC1(C)[C@@H](O[C@H]2O[C@@H](C(=O)O)[C@@H](O)[C@H](O)[C@H]2O[C@@H]2O[C@@H](C(=O)O)[C@@H](O)[C@H](O)[C@@H]2O)CC[C@]2(C)[C@H]3C(=O)C=C4[C@@H]5C[C@@](C)(C(=O)O)CC[C@]5(C)CC[C@@]4(C)[C@]3(C)CC[C@@H]12. The Morgan fingerprint density at radius 1 is 0.690 bits per heavy atom. The molecule has 0 spiro atoms. The van der Waals surface area contributed by atoms with Crippen LogP contribution in [0.25, 0.3) is 0 Å². The summed E-state index contributed by atoms with van der Waals surface area (Å²) in [6.07, 6.45) is -12.2. The number of carboxylic acids is 3. The number of aliphatic hydroxyl groups is 5. The molecule has 6 fully saturated rings. The van der Waals surface area contributed by atoms with Gasteiger partial charge in [0, 0.05) is 5.92 Å². The number of aliphatic hydroxyl groups excluding tert-OH is 5. The number of allylic oxidation sites excluding steroid dienone is 2. The molecule has 0 amide bonds. The van der Waals surface area contributed by atoms with Gasteiger partial charge in [0.05, 0.1) is 11.5 Å². The topological polar surface area (TPSA) is 267 Å². The summed E-state index contributed by atoms with van der Waals surface area (Å²) in [6, 6.07) is 0. The van der Waals surface area contributed by atoms with Crippen LogP contribution in [0.4, 0.5) is 0 Å². The monoisotopic (exact) mass is 822 g/mol. The molecule has 2 aliphatic heterocycles. The zero-order chi connectivity index (χ0) is 42.9. The van der Waals surface area contributed by atoms with Crippen LogP contribution < -0.4 is 0 Å². The van der Waals surface area contributed by atoms with Gasteiger partial charge >= 0.3 is 17.9 Å². The first-order chi connectivity index (χ1) is 26.8. The van der Waals surface area contributed by atoms with E-state index in [0.29, 0.717) is 25.7 Å². The van der Waals surface area contributed by atoms with Gasteiger partial charge in [-0.1, -0.05) is 47.1 Å². The number of rotatable bonds is 7. The van der Waals surface area contributed by atoms with Crippen LogP contribution in [-0.4, -0.2) is 132 Å². The molecule has 7 aliphatic rings. The van der Waals surface area contributed by atoms with Crippen molar-refractivity contribution in [2.45, 2.75) is 174 Å². The first kappa shape index (κ1) is 43.5. The maximum absolute atomic E-state index is 14.8. The maximum Gasteiger partial charge on any atom is 0.335 e. The quantitative estimate of drug-likeness (QED) is 0.171. The number of hydrogen-bond donors (Lipinski definition) is 8. The van der Waals surface area contributed by atoms with Gasteiger partial charge < -0.3 is 59.8 Å². The lowest BCUT2D eigenvalue weighted by Gasteiger charge is -2.70. The van der Waals surface area contributed by atoms with Crippen LogP contribution in [0.3, 0.4) is 0 Å². The Morgan fingerprint density at radius 3 is 1.88 bits per heavy atom. The van der Waals surface area contributed by atoms with Gasteiger partial charge in [0.1, 0.15) is 36.6 Å². The Morgan fingerprint density at radius 2 is 1.28 bits per heavy atom. The van der Waals surface area contributed by atoms with E-state index < -0.39 is 107 Å². The summed E-state index contributed by atoms with van der Waals surface area (Å²) in [5.41, 5.74) is -1.81. The van der Waals surface area contributed by atoms with Crippen molar-refractivity contribution in [1.82, 2.24) is 0 Å². The first-order valence-electron chi connectivity index (χ1n) is 20.7. The smallest absolute Gasteiger partial charge is 0.335 e. The molecule has 8 N–H and O–H groups in total. The third kappa shape index (κ3) is 6.25. The fraction of sp³-hybridized carbons (Fsp3) is 0.857. The normalized spacial score (nSPS) is 52.6. The molecular weight excluding hydrogens is 760 g/mol. The molecule has 5 aliphatic carbocycles. The van der Waals surface area contributed by atoms with E-state index in [-0.39, 0.29) is 34.4 Å². The van der Waals surface area contributed by atoms with Gasteiger partial charge in [-0.2, -0.15) is 0 Å². The summed E-state index contributed by atoms with van der Waals surface area (Å²) in [4.78, 5) is 51.3. The third-order valence-electron chi connectivity index (χ3n) is 17.2. The minimum Gasteiger partial charge on any atom is -0.481 e. The number of fused-ring (bicyclic) bond motifs is 7. The van der Waals surface area contributed by atoms with Crippen molar-refractivity contribution < 1.29 is 79.0 Å². The van der Waals surface area contributed by atoms with Gasteiger partial charge in [0.2, 0.25) is 0 Å². The second-order valence-corrected chi connectivity index (χ2v) is 20.6. The molecule has 2 saturated heterocycles. The minimum absolute atomic E-state index is 0.0217. The van der Waals surface area contributed by atoms with Gasteiger partial charge in [-0.25, -0.2) is 9.59 Å². The number of hydrogen-bond acceptors (Lipinski definition) is 13. The van der Waals surface area contributed by atoms with E-state index >= 15 is 0 Å². The van der Waals surface area contributed by atoms with Gasteiger partial charge in [0.25, 0.3) is 0 Å². The number of ether oxygens (including phenoxy) is 4. The van der Waals surface area contributed by atoms with Gasteiger partial charge in [0.15, 0.2) is 30.6 Å². The fourth-order valence-corrected chi connectivity index (χ4v) is 13.4. The molecule has 0 aromatic heterocycles. The lowest BCUT2D eigenvalue weighted by Crippen LogP contribution is -2.68. The average molecular weight is 823 g/mol. The Labute approximate surface area is 337 Å². The molecule has 19 atom stereocenters. The number of aliphatic carboxylic acids is 3. The maximum atomic E-state index is 14.8. The molecule has 7 rings (SSSR count). The predicted octanol–water partition coefficient (Wildman–Crippen LogP) is 2.25. The van der Waals surface area contributed by atoms with Crippen LogP contribution in [0.15, 0.2) is 11.6 Å². The van der Waals surface area contributed by atoms with Crippen LogP contribution >= 0.6 is 0 Å². The fourth-order valence-electron chi connectivity index (χ4n) is 13.4. The van der Waals surface area contributed by atoms with Gasteiger partial charge in [-0.05, 0) is 110 Å². The average Bonchev–Trinajstić information content (AvgIpc) is 3.13. The highest BCUT2D eigenvalue weighted by Crippen LogP contribution is 2.75. The summed E-state index contributed by atoms with van der Waals surface area (Å²) >= 11 is 0. The summed E-state index contributed by atoms with van der Waals surface area (Å²) in [5.74, 6) is -4.47. The summed E-state index contributed by atoms with van der Waals surface area (Å²) < 4.78 is 23.4. The zero-order valence-corrected chi connectivity index (χ0v) is 34.4. The van der Waals surface area contributed by atoms with Crippen molar-refractivity contribution in [2.75, 3.05) is 0 Å². The Bertz CT molecular complexity index is 1730.